The summed E-state index contributed by atoms with van der Waals surface area (Å²) in [7, 11) is -3.16. The lowest BCUT2D eigenvalue weighted by Crippen LogP contribution is -2.41. The van der Waals surface area contributed by atoms with Crippen molar-refractivity contribution in [2.75, 3.05) is 32.4 Å². The van der Waals surface area contributed by atoms with Crippen LogP contribution in [0.2, 0.25) is 0 Å². The van der Waals surface area contributed by atoms with Crippen LogP contribution in [0.3, 0.4) is 0 Å². The highest BCUT2D eigenvalue weighted by molar-refractivity contribution is 7.90. The highest BCUT2D eigenvalue weighted by Crippen LogP contribution is 2.10. The largest absolute Gasteiger partial charge is 0.357 e. The highest BCUT2D eigenvalue weighted by atomic mass is 32.2. The standard InChI is InChI=1S/C16H26N4O3S/c1-4-17-16(20-12-11-18-13(2)21)19-10-9-14-5-7-15(8-6-14)24(3,22)23/h5-8H,4,9-12H2,1-3H3,(H,18,21)(H2,17,19,20). The molecule has 0 heterocycles. The van der Waals surface area contributed by atoms with Gasteiger partial charge < -0.3 is 16.0 Å². The molecule has 0 aliphatic rings. The van der Waals surface area contributed by atoms with Crippen LogP contribution in [0.5, 0.6) is 0 Å². The summed E-state index contributed by atoms with van der Waals surface area (Å²) in [5, 5.41) is 8.98. The van der Waals surface area contributed by atoms with Crippen molar-refractivity contribution in [2.45, 2.75) is 25.2 Å². The van der Waals surface area contributed by atoms with E-state index in [0.29, 0.717) is 36.9 Å². The van der Waals surface area contributed by atoms with Crippen LogP contribution >= 0.6 is 0 Å². The number of hydrogen-bond donors (Lipinski definition) is 3. The minimum Gasteiger partial charge on any atom is -0.357 e. The smallest absolute Gasteiger partial charge is 0.216 e. The normalized spacial score (nSPS) is 11.9. The van der Waals surface area contributed by atoms with Gasteiger partial charge in [0.05, 0.1) is 4.90 Å². The van der Waals surface area contributed by atoms with E-state index in [1.165, 1.54) is 13.2 Å². The van der Waals surface area contributed by atoms with Gasteiger partial charge in [0.1, 0.15) is 0 Å². The Hall–Kier alpha value is -2.09. The third-order valence-electron chi connectivity index (χ3n) is 3.16. The molecule has 0 bridgehead atoms. The molecule has 8 heteroatoms. The number of guanidine groups is 1. The van der Waals surface area contributed by atoms with E-state index in [9.17, 15) is 13.2 Å². The molecule has 1 aromatic rings. The first kappa shape index (κ1) is 20.0. The molecule has 0 aliphatic carbocycles. The van der Waals surface area contributed by atoms with Gasteiger partial charge in [-0.05, 0) is 31.0 Å². The van der Waals surface area contributed by atoms with Crippen molar-refractivity contribution >= 4 is 21.7 Å². The van der Waals surface area contributed by atoms with Gasteiger partial charge in [-0.25, -0.2) is 8.42 Å². The first-order valence-electron chi connectivity index (χ1n) is 7.88. The molecule has 1 aromatic carbocycles. The van der Waals surface area contributed by atoms with Crippen molar-refractivity contribution < 1.29 is 13.2 Å². The summed E-state index contributed by atoms with van der Waals surface area (Å²) in [6.07, 6.45) is 1.91. The van der Waals surface area contributed by atoms with Crippen LogP contribution in [-0.2, 0) is 21.1 Å². The number of nitrogens with one attached hydrogen (secondary N) is 3. The monoisotopic (exact) mass is 354 g/mol. The predicted octanol–water partition coefficient (Wildman–Crippen LogP) is 0.324. The molecule has 1 rings (SSSR count). The number of aliphatic imine (C=N–C) groups is 1. The molecule has 0 atom stereocenters. The first-order chi connectivity index (χ1) is 11.3. The van der Waals surface area contributed by atoms with Gasteiger partial charge in [0, 0.05) is 39.4 Å². The van der Waals surface area contributed by atoms with Crippen LogP contribution in [0.4, 0.5) is 0 Å². The summed E-state index contributed by atoms with van der Waals surface area (Å²) < 4.78 is 22.8. The predicted molar refractivity (Wildman–Crippen MR) is 95.9 cm³/mol. The molecular weight excluding hydrogens is 328 g/mol. The van der Waals surface area contributed by atoms with Crippen LogP contribution < -0.4 is 16.0 Å². The van der Waals surface area contributed by atoms with E-state index < -0.39 is 9.84 Å². The second-order valence-electron chi connectivity index (χ2n) is 5.34. The Kier molecular flexibility index (Phi) is 8.25. The topological polar surface area (TPSA) is 99.7 Å². The second-order valence-corrected chi connectivity index (χ2v) is 7.35. The highest BCUT2D eigenvalue weighted by Gasteiger charge is 2.05. The van der Waals surface area contributed by atoms with E-state index in [1.54, 1.807) is 12.1 Å². The molecule has 0 radical (unpaired) electrons. The molecule has 0 spiro atoms. The quantitative estimate of drug-likeness (QED) is 0.355. The zero-order chi connectivity index (χ0) is 18.0. The second kappa shape index (κ2) is 9.92. The van der Waals surface area contributed by atoms with Crippen LogP contribution in [0.1, 0.15) is 19.4 Å². The Morgan fingerprint density at radius 2 is 1.71 bits per heavy atom. The lowest BCUT2D eigenvalue weighted by Gasteiger charge is -2.11. The summed E-state index contributed by atoms with van der Waals surface area (Å²) in [4.78, 5) is 15.6. The van der Waals surface area contributed by atoms with Gasteiger partial charge >= 0.3 is 0 Å². The van der Waals surface area contributed by atoms with Gasteiger partial charge in [0.25, 0.3) is 0 Å². The molecule has 134 valence electrons. The fourth-order valence-corrected chi connectivity index (χ4v) is 2.59. The molecule has 1 amide bonds. The van der Waals surface area contributed by atoms with Gasteiger partial charge in [0.15, 0.2) is 15.8 Å². The maximum atomic E-state index is 11.4. The maximum Gasteiger partial charge on any atom is 0.216 e. The molecule has 7 nitrogen and oxygen atoms in total. The molecule has 24 heavy (non-hydrogen) atoms. The number of nitrogens with zero attached hydrogens (tertiary/aromatic N) is 1. The number of rotatable bonds is 8. The zero-order valence-electron chi connectivity index (χ0n) is 14.4. The van der Waals surface area contributed by atoms with Crippen molar-refractivity contribution in [2.24, 2.45) is 4.99 Å². The van der Waals surface area contributed by atoms with Gasteiger partial charge in [-0.2, -0.15) is 0 Å². The number of carbonyl (C=O) groups excluding carboxylic acids is 1. The number of hydrogen-bond acceptors (Lipinski definition) is 4. The SMILES string of the molecule is CCNC(=NCCc1ccc(S(C)(=O)=O)cc1)NCCNC(C)=O. The third-order valence-corrected chi connectivity index (χ3v) is 4.29. The molecule has 3 N–H and O–H groups in total. The summed E-state index contributed by atoms with van der Waals surface area (Å²) in [6, 6.07) is 6.85. The van der Waals surface area contributed by atoms with Crippen LogP contribution in [-0.4, -0.2) is 52.7 Å². The van der Waals surface area contributed by atoms with E-state index in [2.05, 4.69) is 20.9 Å². The molecule has 0 aliphatic heterocycles. The average Bonchev–Trinajstić information content (AvgIpc) is 2.51. The lowest BCUT2D eigenvalue weighted by atomic mass is 10.1. The van der Waals surface area contributed by atoms with E-state index in [4.69, 9.17) is 0 Å². The van der Waals surface area contributed by atoms with Gasteiger partial charge in [0.2, 0.25) is 5.91 Å². The van der Waals surface area contributed by atoms with E-state index in [-0.39, 0.29) is 5.91 Å². The van der Waals surface area contributed by atoms with Gasteiger partial charge in [-0.3, -0.25) is 9.79 Å². The Balaban J connectivity index is 2.50. The van der Waals surface area contributed by atoms with E-state index in [0.717, 1.165) is 12.1 Å². The minimum atomic E-state index is -3.16. The van der Waals surface area contributed by atoms with Crippen molar-refractivity contribution in [3.8, 4) is 0 Å². The lowest BCUT2D eigenvalue weighted by molar-refractivity contribution is -0.118. The molecular formula is C16H26N4O3S. The van der Waals surface area contributed by atoms with E-state index >= 15 is 0 Å². The number of sulfone groups is 1. The molecule has 0 aromatic heterocycles. The van der Waals surface area contributed by atoms with Crippen molar-refractivity contribution in [1.29, 1.82) is 0 Å². The first-order valence-corrected chi connectivity index (χ1v) is 9.77. The summed E-state index contributed by atoms with van der Waals surface area (Å²) in [6.45, 7) is 5.91. The summed E-state index contributed by atoms with van der Waals surface area (Å²) >= 11 is 0. The van der Waals surface area contributed by atoms with Crippen LogP contribution in [0.15, 0.2) is 34.2 Å². The maximum absolute atomic E-state index is 11.4. The van der Waals surface area contributed by atoms with Crippen molar-refractivity contribution in [3.05, 3.63) is 29.8 Å². The number of carbonyl (C=O) groups is 1. The van der Waals surface area contributed by atoms with Crippen LogP contribution in [0.25, 0.3) is 0 Å². The molecule has 0 fully saturated rings. The fourth-order valence-electron chi connectivity index (χ4n) is 1.96. The van der Waals surface area contributed by atoms with Gasteiger partial charge in [-0.1, -0.05) is 12.1 Å². The molecule has 0 saturated carbocycles. The minimum absolute atomic E-state index is 0.0590. The molecule has 0 unspecified atom stereocenters. The molecule has 0 saturated heterocycles. The van der Waals surface area contributed by atoms with Gasteiger partial charge in [-0.15, -0.1) is 0 Å². The summed E-state index contributed by atoms with van der Waals surface area (Å²) in [5.74, 6) is 0.631. The summed E-state index contributed by atoms with van der Waals surface area (Å²) in [5.41, 5.74) is 1.03. The Bertz CT molecular complexity index is 654. The van der Waals surface area contributed by atoms with Crippen LogP contribution in [0, 0.1) is 0 Å². The van der Waals surface area contributed by atoms with Crippen molar-refractivity contribution in [1.82, 2.24) is 16.0 Å². The Morgan fingerprint density at radius 1 is 1.08 bits per heavy atom. The Labute approximate surface area is 143 Å². The Morgan fingerprint density at radius 3 is 2.25 bits per heavy atom. The number of amides is 1. The van der Waals surface area contributed by atoms with Crippen molar-refractivity contribution in [3.63, 3.8) is 0 Å². The van der Waals surface area contributed by atoms with E-state index in [1.807, 2.05) is 19.1 Å². The average molecular weight is 354 g/mol. The third kappa shape index (κ3) is 7.96. The number of benzene rings is 1. The fraction of sp³-hybridized carbons (Fsp3) is 0.500. The zero-order valence-corrected chi connectivity index (χ0v) is 15.2.